The molecule has 0 atom stereocenters. The number of benzene rings is 1. The average Bonchev–Trinajstić information content (AvgIpc) is 2.48. The summed E-state index contributed by atoms with van der Waals surface area (Å²) in [5, 5.41) is 2.62. The van der Waals surface area contributed by atoms with Crippen LogP contribution in [0.15, 0.2) is 36.5 Å². The van der Waals surface area contributed by atoms with Gasteiger partial charge in [0.15, 0.2) is 0 Å². The summed E-state index contributed by atoms with van der Waals surface area (Å²) in [6.07, 6.45) is 1.05. The zero-order chi connectivity index (χ0) is 15.2. The minimum atomic E-state index is -0.455. The third-order valence-corrected chi connectivity index (χ3v) is 2.79. The number of nitrogens with zero attached hydrogens (tertiary/aromatic N) is 1. The van der Waals surface area contributed by atoms with Gasteiger partial charge in [0.2, 0.25) is 0 Å². The lowest BCUT2D eigenvalue weighted by atomic mass is 10.0. The molecule has 1 aromatic carbocycles. The third-order valence-electron chi connectivity index (χ3n) is 2.79. The fourth-order valence-electron chi connectivity index (χ4n) is 1.73. The standard InChI is InChI=1S/C16H14FN3O/c1-11-4-5-12(3-2-8-18)9-14(11)16(21)20-15-7-6-13(17)10-19-15/h4-7,9-10H,8,18H2,1H3,(H,19,20,21). The Morgan fingerprint density at radius 3 is 2.86 bits per heavy atom. The zero-order valence-electron chi connectivity index (χ0n) is 11.5. The Kier molecular flexibility index (Phi) is 4.64. The first kappa shape index (κ1) is 14.7. The van der Waals surface area contributed by atoms with E-state index in [1.807, 2.05) is 19.1 Å². The summed E-state index contributed by atoms with van der Waals surface area (Å²) < 4.78 is 12.8. The van der Waals surface area contributed by atoms with Crippen molar-refractivity contribution >= 4 is 11.7 Å². The van der Waals surface area contributed by atoms with Gasteiger partial charge in [-0.2, -0.15) is 0 Å². The van der Waals surface area contributed by atoms with Gasteiger partial charge in [-0.3, -0.25) is 4.79 Å². The molecule has 0 saturated heterocycles. The van der Waals surface area contributed by atoms with E-state index in [2.05, 4.69) is 22.1 Å². The van der Waals surface area contributed by atoms with E-state index in [-0.39, 0.29) is 12.5 Å². The molecule has 2 aromatic rings. The van der Waals surface area contributed by atoms with Gasteiger partial charge in [-0.05, 0) is 36.8 Å². The smallest absolute Gasteiger partial charge is 0.257 e. The van der Waals surface area contributed by atoms with E-state index in [4.69, 9.17) is 5.73 Å². The molecule has 3 N–H and O–H groups in total. The van der Waals surface area contributed by atoms with Crippen LogP contribution in [-0.4, -0.2) is 17.4 Å². The number of halogens is 1. The van der Waals surface area contributed by atoms with Gasteiger partial charge >= 0.3 is 0 Å². The van der Waals surface area contributed by atoms with Gasteiger partial charge in [0.25, 0.3) is 5.91 Å². The molecule has 0 aliphatic carbocycles. The van der Waals surface area contributed by atoms with E-state index in [0.29, 0.717) is 16.9 Å². The summed E-state index contributed by atoms with van der Waals surface area (Å²) >= 11 is 0. The van der Waals surface area contributed by atoms with Crippen LogP contribution in [0.4, 0.5) is 10.2 Å². The van der Waals surface area contributed by atoms with Crippen LogP contribution in [0.3, 0.4) is 0 Å². The molecule has 0 aliphatic rings. The summed E-state index contributed by atoms with van der Waals surface area (Å²) in [6.45, 7) is 2.09. The first-order valence-corrected chi connectivity index (χ1v) is 6.32. The molecule has 0 saturated carbocycles. The van der Waals surface area contributed by atoms with Crippen LogP contribution < -0.4 is 11.1 Å². The number of hydrogen-bond donors (Lipinski definition) is 2. The maximum atomic E-state index is 12.8. The number of carbonyl (C=O) groups excluding carboxylic acids is 1. The van der Waals surface area contributed by atoms with E-state index in [1.165, 1.54) is 12.1 Å². The monoisotopic (exact) mass is 283 g/mol. The van der Waals surface area contributed by atoms with Crippen molar-refractivity contribution in [3.8, 4) is 11.8 Å². The molecule has 0 spiro atoms. The largest absolute Gasteiger partial charge is 0.320 e. The van der Waals surface area contributed by atoms with E-state index < -0.39 is 5.82 Å². The predicted octanol–water partition coefficient (Wildman–Crippen LogP) is 2.09. The highest BCUT2D eigenvalue weighted by atomic mass is 19.1. The van der Waals surface area contributed by atoms with Crippen LogP contribution >= 0.6 is 0 Å². The number of rotatable bonds is 2. The molecule has 0 fully saturated rings. The predicted molar refractivity (Wildman–Crippen MR) is 79.3 cm³/mol. The molecular formula is C16H14FN3O. The quantitative estimate of drug-likeness (QED) is 0.829. The molecule has 0 aliphatic heterocycles. The molecule has 2 rings (SSSR count). The second-order valence-electron chi connectivity index (χ2n) is 4.35. The molecule has 0 bridgehead atoms. The van der Waals surface area contributed by atoms with Crippen molar-refractivity contribution in [2.75, 3.05) is 11.9 Å². The lowest BCUT2D eigenvalue weighted by Gasteiger charge is -2.07. The first-order valence-electron chi connectivity index (χ1n) is 6.32. The number of anilines is 1. The van der Waals surface area contributed by atoms with E-state index >= 15 is 0 Å². The Morgan fingerprint density at radius 1 is 1.38 bits per heavy atom. The third kappa shape index (κ3) is 3.88. The van der Waals surface area contributed by atoms with E-state index in [0.717, 1.165) is 11.8 Å². The number of aromatic nitrogens is 1. The van der Waals surface area contributed by atoms with Crippen molar-refractivity contribution < 1.29 is 9.18 Å². The van der Waals surface area contributed by atoms with Gasteiger partial charge in [0, 0.05) is 11.1 Å². The fourth-order valence-corrected chi connectivity index (χ4v) is 1.73. The Bertz CT molecular complexity index is 715. The Balaban J connectivity index is 2.23. The van der Waals surface area contributed by atoms with E-state index in [1.54, 1.807) is 6.07 Å². The zero-order valence-corrected chi connectivity index (χ0v) is 11.5. The van der Waals surface area contributed by atoms with Crippen molar-refractivity contribution in [1.29, 1.82) is 0 Å². The van der Waals surface area contributed by atoms with Crippen molar-refractivity contribution in [3.63, 3.8) is 0 Å². The topological polar surface area (TPSA) is 68.0 Å². The highest BCUT2D eigenvalue weighted by Crippen LogP contribution is 2.13. The molecule has 0 radical (unpaired) electrons. The highest BCUT2D eigenvalue weighted by Gasteiger charge is 2.10. The van der Waals surface area contributed by atoms with E-state index in [9.17, 15) is 9.18 Å². The van der Waals surface area contributed by atoms with Gasteiger partial charge in [-0.15, -0.1) is 0 Å². The molecule has 1 aromatic heterocycles. The summed E-state index contributed by atoms with van der Waals surface area (Å²) in [5.41, 5.74) is 7.34. The number of pyridine rings is 1. The van der Waals surface area contributed by atoms with Gasteiger partial charge in [0.1, 0.15) is 11.6 Å². The maximum absolute atomic E-state index is 12.8. The molecule has 1 heterocycles. The van der Waals surface area contributed by atoms with Crippen LogP contribution in [-0.2, 0) is 0 Å². The van der Waals surface area contributed by atoms with Gasteiger partial charge in [-0.25, -0.2) is 9.37 Å². The van der Waals surface area contributed by atoms with Crippen LogP contribution in [0, 0.1) is 24.6 Å². The van der Waals surface area contributed by atoms with Crippen LogP contribution in [0.1, 0.15) is 21.5 Å². The highest BCUT2D eigenvalue weighted by molar-refractivity contribution is 6.05. The van der Waals surface area contributed by atoms with Crippen molar-refractivity contribution in [2.24, 2.45) is 5.73 Å². The molecule has 4 nitrogen and oxygen atoms in total. The second-order valence-corrected chi connectivity index (χ2v) is 4.35. The SMILES string of the molecule is Cc1ccc(C#CCN)cc1C(=O)Nc1ccc(F)cn1. The van der Waals surface area contributed by atoms with Crippen LogP contribution in [0.25, 0.3) is 0 Å². The summed E-state index contributed by atoms with van der Waals surface area (Å²) in [6, 6.07) is 7.97. The number of hydrogen-bond acceptors (Lipinski definition) is 3. The Hall–Kier alpha value is -2.71. The van der Waals surface area contributed by atoms with Gasteiger partial charge < -0.3 is 11.1 Å². The summed E-state index contributed by atoms with van der Waals surface area (Å²) in [5.74, 6) is 5.14. The molecule has 5 heteroatoms. The molecular weight excluding hydrogens is 269 g/mol. The number of carbonyl (C=O) groups is 1. The summed E-state index contributed by atoms with van der Waals surface area (Å²) in [7, 11) is 0. The van der Waals surface area contributed by atoms with Crippen molar-refractivity contribution in [2.45, 2.75) is 6.92 Å². The fraction of sp³-hybridized carbons (Fsp3) is 0.125. The summed E-state index contributed by atoms with van der Waals surface area (Å²) in [4.78, 5) is 16.0. The Labute approximate surface area is 122 Å². The van der Waals surface area contributed by atoms with Crippen LogP contribution in [0.5, 0.6) is 0 Å². The Morgan fingerprint density at radius 2 is 2.19 bits per heavy atom. The maximum Gasteiger partial charge on any atom is 0.257 e. The first-order chi connectivity index (χ1) is 10.1. The lowest BCUT2D eigenvalue weighted by Crippen LogP contribution is -2.14. The van der Waals surface area contributed by atoms with Gasteiger partial charge in [0.05, 0.1) is 12.7 Å². The van der Waals surface area contributed by atoms with Crippen molar-refractivity contribution in [1.82, 2.24) is 4.98 Å². The lowest BCUT2D eigenvalue weighted by molar-refractivity contribution is 0.102. The molecule has 106 valence electrons. The number of nitrogens with two attached hydrogens (primary N) is 1. The molecule has 1 amide bonds. The number of nitrogens with one attached hydrogen (secondary N) is 1. The average molecular weight is 283 g/mol. The van der Waals surface area contributed by atoms with Crippen LogP contribution in [0.2, 0.25) is 0 Å². The second kappa shape index (κ2) is 6.64. The number of aryl methyl sites for hydroxylation is 1. The normalized spacial score (nSPS) is 9.67. The van der Waals surface area contributed by atoms with Crippen molar-refractivity contribution in [3.05, 3.63) is 59.0 Å². The molecule has 0 unspecified atom stereocenters. The minimum absolute atomic E-state index is 0.259. The molecule has 21 heavy (non-hydrogen) atoms. The number of amides is 1. The minimum Gasteiger partial charge on any atom is -0.320 e. The van der Waals surface area contributed by atoms with Gasteiger partial charge in [-0.1, -0.05) is 17.9 Å².